The second kappa shape index (κ2) is 4.57. The number of carbonyl (C=O) groups is 2. The Hall–Kier alpha value is -2.04. The minimum absolute atomic E-state index is 0.310. The van der Waals surface area contributed by atoms with Gasteiger partial charge in [0.05, 0.1) is 5.69 Å². The molecule has 0 saturated heterocycles. The zero-order valence-electron chi connectivity index (χ0n) is 11.2. The Labute approximate surface area is 111 Å². The summed E-state index contributed by atoms with van der Waals surface area (Å²) in [7, 11) is 0. The minimum atomic E-state index is -1.03. The molecule has 0 radical (unpaired) electrons. The van der Waals surface area contributed by atoms with Crippen molar-refractivity contribution in [2.45, 2.75) is 38.8 Å². The van der Waals surface area contributed by atoms with Crippen LogP contribution in [0.2, 0.25) is 0 Å². The number of rotatable bonds is 1. The largest absolute Gasteiger partial charge is 0.480 e. The lowest BCUT2D eigenvalue weighted by Crippen LogP contribution is -2.45. The quantitative estimate of drug-likeness (QED) is 0.845. The van der Waals surface area contributed by atoms with Gasteiger partial charge in [-0.15, -0.1) is 0 Å². The summed E-state index contributed by atoms with van der Waals surface area (Å²) >= 11 is 0. The molecule has 0 aliphatic carbocycles. The SMILES string of the molecule is CC(C)(C)OC(=O)N1c2ccccc2CC1C(=O)O. The first-order chi connectivity index (χ1) is 8.79. The molecular formula is C14H17NO4. The van der Waals surface area contributed by atoms with E-state index in [4.69, 9.17) is 4.74 Å². The van der Waals surface area contributed by atoms with E-state index < -0.39 is 23.7 Å². The summed E-state index contributed by atoms with van der Waals surface area (Å²) in [6.45, 7) is 5.26. The number of ether oxygens (including phenoxy) is 1. The smallest absolute Gasteiger partial charge is 0.415 e. The molecule has 0 aromatic heterocycles. The number of amides is 1. The fourth-order valence-corrected chi connectivity index (χ4v) is 2.12. The predicted octanol–water partition coefficient (Wildman–Crippen LogP) is 2.44. The van der Waals surface area contributed by atoms with Gasteiger partial charge in [0.2, 0.25) is 0 Å². The summed E-state index contributed by atoms with van der Waals surface area (Å²) in [5.74, 6) is -1.03. The Kier molecular flexibility index (Phi) is 3.22. The number of para-hydroxylation sites is 1. The van der Waals surface area contributed by atoms with Gasteiger partial charge in [0, 0.05) is 6.42 Å². The van der Waals surface area contributed by atoms with Crippen molar-refractivity contribution in [3.05, 3.63) is 29.8 Å². The fourth-order valence-electron chi connectivity index (χ4n) is 2.12. The lowest BCUT2D eigenvalue weighted by Gasteiger charge is -2.27. The highest BCUT2D eigenvalue weighted by Crippen LogP contribution is 2.33. The van der Waals surface area contributed by atoms with Gasteiger partial charge in [-0.1, -0.05) is 18.2 Å². The number of carboxylic acid groups (broad SMARTS) is 1. The standard InChI is InChI=1S/C14H17NO4/c1-14(2,3)19-13(18)15-10-7-5-4-6-9(10)8-11(15)12(16)17/h4-7,11H,8H2,1-3H3,(H,16,17). The third-order valence-electron chi connectivity index (χ3n) is 2.85. The molecule has 0 fully saturated rings. The van der Waals surface area contributed by atoms with Crippen molar-refractivity contribution >= 4 is 17.7 Å². The lowest BCUT2D eigenvalue weighted by atomic mass is 10.1. The van der Waals surface area contributed by atoms with Crippen LogP contribution in [-0.4, -0.2) is 28.8 Å². The summed E-state index contributed by atoms with van der Waals surface area (Å²) in [5.41, 5.74) is 0.808. The first-order valence-electron chi connectivity index (χ1n) is 6.12. The second-order valence-electron chi connectivity index (χ2n) is 5.54. The normalized spacial score (nSPS) is 18.1. The molecule has 1 aliphatic rings. The maximum Gasteiger partial charge on any atom is 0.415 e. The van der Waals surface area contributed by atoms with Crippen LogP contribution in [0.15, 0.2) is 24.3 Å². The number of aliphatic carboxylic acids is 1. The predicted molar refractivity (Wildman–Crippen MR) is 70.3 cm³/mol. The number of nitrogens with zero attached hydrogens (tertiary/aromatic N) is 1. The highest BCUT2D eigenvalue weighted by Gasteiger charge is 2.40. The summed E-state index contributed by atoms with van der Waals surface area (Å²) in [5, 5.41) is 9.25. The molecule has 1 N–H and O–H groups in total. The lowest BCUT2D eigenvalue weighted by molar-refractivity contribution is -0.138. The molecule has 1 aromatic rings. The van der Waals surface area contributed by atoms with Gasteiger partial charge in [0.1, 0.15) is 11.6 Å². The summed E-state index contributed by atoms with van der Waals surface area (Å²) in [4.78, 5) is 24.7. The van der Waals surface area contributed by atoms with Crippen molar-refractivity contribution < 1.29 is 19.4 Å². The van der Waals surface area contributed by atoms with E-state index in [0.717, 1.165) is 5.56 Å². The highest BCUT2D eigenvalue weighted by atomic mass is 16.6. The molecule has 0 spiro atoms. The van der Waals surface area contributed by atoms with Crippen molar-refractivity contribution in [1.82, 2.24) is 0 Å². The molecule has 5 heteroatoms. The first kappa shape index (κ1) is 13.4. The average Bonchev–Trinajstić information content (AvgIpc) is 2.65. The molecule has 1 atom stereocenters. The maximum atomic E-state index is 12.2. The van der Waals surface area contributed by atoms with E-state index in [2.05, 4.69) is 0 Å². The van der Waals surface area contributed by atoms with Crippen molar-refractivity contribution in [3.8, 4) is 0 Å². The monoisotopic (exact) mass is 263 g/mol. The molecule has 1 unspecified atom stereocenters. The number of carboxylic acids is 1. The highest BCUT2D eigenvalue weighted by molar-refractivity contribution is 5.98. The summed E-state index contributed by atoms with van der Waals surface area (Å²) < 4.78 is 5.28. The van der Waals surface area contributed by atoms with Gasteiger partial charge in [0.25, 0.3) is 0 Å². The van der Waals surface area contributed by atoms with Crippen LogP contribution in [0.4, 0.5) is 10.5 Å². The van der Waals surface area contributed by atoms with E-state index in [1.54, 1.807) is 32.9 Å². The molecule has 1 heterocycles. The van der Waals surface area contributed by atoms with Crippen LogP contribution in [0.25, 0.3) is 0 Å². The Morgan fingerprint density at radius 1 is 1.32 bits per heavy atom. The molecule has 1 amide bonds. The topological polar surface area (TPSA) is 66.8 Å². The number of carbonyl (C=O) groups excluding carboxylic acids is 1. The van der Waals surface area contributed by atoms with E-state index in [-0.39, 0.29) is 0 Å². The Bertz CT molecular complexity index is 518. The molecule has 1 aromatic carbocycles. The Morgan fingerprint density at radius 3 is 2.53 bits per heavy atom. The van der Waals surface area contributed by atoms with Crippen LogP contribution in [0.3, 0.4) is 0 Å². The zero-order valence-corrected chi connectivity index (χ0v) is 11.2. The molecule has 0 saturated carbocycles. The summed E-state index contributed by atoms with van der Waals surface area (Å²) in [6, 6.07) is 6.28. The van der Waals surface area contributed by atoms with E-state index in [9.17, 15) is 14.7 Å². The molecule has 1 aliphatic heterocycles. The molecule has 102 valence electrons. The van der Waals surface area contributed by atoms with E-state index in [0.29, 0.717) is 12.1 Å². The van der Waals surface area contributed by atoms with Crippen LogP contribution in [0.5, 0.6) is 0 Å². The van der Waals surface area contributed by atoms with Gasteiger partial charge in [-0.05, 0) is 32.4 Å². The fraction of sp³-hybridized carbons (Fsp3) is 0.429. The molecule has 19 heavy (non-hydrogen) atoms. The third kappa shape index (κ3) is 2.70. The van der Waals surface area contributed by atoms with Gasteiger partial charge in [-0.25, -0.2) is 9.59 Å². The van der Waals surface area contributed by atoms with E-state index in [1.165, 1.54) is 4.90 Å². The van der Waals surface area contributed by atoms with Crippen molar-refractivity contribution in [1.29, 1.82) is 0 Å². The minimum Gasteiger partial charge on any atom is -0.480 e. The van der Waals surface area contributed by atoms with Gasteiger partial charge in [-0.3, -0.25) is 4.90 Å². The van der Waals surface area contributed by atoms with Gasteiger partial charge < -0.3 is 9.84 Å². The number of hydrogen-bond donors (Lipinski definition) is 1. The first-order valence-corrected chi connectivity index (χ1v) is 6.12. The van der Waals surface area contributed by atoms with Crippen LogP contribution >= 0.6 is 0 Å². The van der Waals surface area contributed by atoms with Crippen molar-refractivity contribution in [2.24, 2.45) is 0 Å². The van der Waals surface area contributed by atoms with Crippen LogP contribution in [-0.2, 0) is 16.0 Å². The average molecular weight is 263 g/mol. The number of anilines is 1. The van der Waals surface area contributed by atoms with E-state index in [1.807, 2.05) is 12.1 Å². The van der Waals surface area contributed by atoms with Crippen molar-refractivity contribution in [3.63, 3.8) is 0 Å². The van der Waals surface area contributed by atoms with Crippen LogP contribution in [0, 0.1) is 0 Å². The zero-order chi connectivity index (χ0) is 14.2. The molecule has 5 nitrogen and oxygen atoms in total. The van der Waals surface area contributed by atoms with Gasteiger partial charge in [-0.2, -0.15) is 0 Å². The second-order valence-corrected chi connectivity index (χ2v) is 5.54. The summed E-state index contributed by atoms with van der Waals surface area (Å²) in [6.07, 6.45) is -0.310. The van der Waals surface area contributed by atoms with Gasteiger partial charge in [0.15, 0.2) is 0 Å². The molecule has 0 bridgehead atoms. The molecule has 2 rings (SSSR count). The van der Waals surface area contributed by atoms with Crippen LogP contribution < -0.4 is 4.90 Å². The van der Waals surface area contributed by atoms with Crippen LogP contribution in [0.1, 0.15) is 26.3 Å². The molecular weight excluding hydrogens is 246 g/mol. The van der Waals surface area contributed by atoms with Gasteiger partial charge >= 0.3 is 12.1 Å². The Morgan fingerprint density at radius 2 is 1.95 bits per heavy atom. The number of benzene rings is 1. The van der Waals surface area contributed by atoms with E-state index >= 15 is 0 Å². The third-order valence-corrected chi connectivity index (χ3v) is 2.85. The number of fused-ring (bicyclic) bond motifs is 1. The maximum absolute atomic E-state index is 12.2. The Balaban J connectivity index is 2.34. The van der Waals surface area contributed by atoms with Crippen molar-refractivity contribution in [2.75, 3.05) is 4.90 Å². The number of hydrogen-bond acceptors (Lipinski definition) is 3.